The van der Waals surface area contributed by atoms with Crippen molar-refractivity contribution in [2.75, 3.05) is 7.11 Å². The van der Waals surface area contributed by atoms with E-state index in [1.807, 2.05) is 0 Å². The molecule has 1 aromatic carbocycles. The van der Waals surface area contributed by atoms with E-state index < -0.39 is 6.10 Å². The Labute approximate surface area is 129 Å². The minimum absolute atomic E-state index is 0.157. The molecule has 0 saturated carbocycles. The highest BCUT2D eigenvalue weighted by molar-refractivity contribution is 9.10. The lowest BCUT2D eigenvalue weighted by molar-refractivity contribution is 0.108. The van der Waals surface area contributed by atoms with Crippen molar-refractivity contribution in [2.24, 2.45) is 11.3 Å². The lowest BCUT2D eigenvalue weighted by Gasteiger charge is -2.29. The standard InChI is InChI=1S/C15H22BrClO2/c1-9(15(2,3)4)6-13(18)11-7-10(17)8-12(16)14(11)19-5/h7-9,13,18H,6H2,1-5H3. The number of rotatable bonds is 4. The van der Waals surface area contributed by atoms with Crippen molar-refractivity contribution in [2.45, 2.75) is 40.2 Å². The molecule has 0 heterocycles. The van der Waals surface area contributed by atoms with Crippen molar-refractivity contribution in [3.8, 4) is 5.75 Å². The van der Waals surface area contributed by atoms with Gasteiger partial charge in [-0.1, -0.05) is 39.3 Å². The van der Waals surface area contributed by atoms with Crippen LogP contribution >= 0.6 is 27.5 Å². The minimum atomic E-state index is -0.584. The first-order valence-electron chi connectivity index (χ1n) is 6.37. The summed E-state index contributed by atoms with van der Waals surface area (Å²) in [5, 5.41) is 11.0. The van der Waals surface area contributed by atoms with Crippen molar-refractivity contribution in [3.05, 3.63) is 27.2 Å². The lowest BCUT2D eigenvalue weighted by atomic mass is 9.78. The number of hydrogen-bond acceptors (Lipinski definition) is 2. The first-order valence-corrected chi connectivity index (χ1v) is 7.55. The van der Waals surface area contributed by atoms with Crippen LogP contribution in [-0.2, 0) is 0 Å². The smallest absolute Gasteiger partial charge is 0.138 e. The predicted octanol–water partition coefficient (Wildman–Crippen LogP) is 5.22. The Hall–Kier alpha value is -0.250. The summed E-state index contributed by atoms with van der Waals surface area (Å²) in [5.74, 6) is 1.03. The number of ether oxygens (including phenoxy) is 1. The molecule has 0 bridgehead atoms. The maximum absolute atomic E-state index is 10.5. The molecule has 0 aliphatic rings. The van der Waals surface area contributed by atoms with E-state index in [0.717, 1.165) is 10.0 Å². The van der Waals surface area contributed by atoms with E-state index in [9.17, 15) is 5.11 Å². The van der Waals surface area contributed by atoms with Crippen molar-refractivity contribution in [1.29, 1.82) is 0 Å². The molecule has 1 aromatic rings. The normalized spacial score (nSPS) is 15.2. The molecule has 0 spiro atoms. The molecule has 0 aliphatic carbocycles. The Morgan fingerprint density at radius 1 is 1.37 bits per heavy atom. The van der Waals surface area contributed by atoms with Gasteiger partial charge in [-0.05, 0) is 45.8 Å². The Balaban J connectivity index is 3.02. The zero-order valence-corrected chi connectivity index (χ0v) is 14.5. The molecule has 0 saturated heterocycles. The van der Waals surface area contributed by atoms with E-state index in [1.165, 1.54) is 0 Å². The fraction of sp³-hybridized carbons (Fsp3) is 0.600. The van der Waals surface area contributed by atoms with Gasteiger partial charge in [0.1, 0.15) is 5.75 Å². The molecule has 4 heteroatoms. The number of benzene rings is 1. The average molecular weight is 350 g/mol. The Morgan fingerprint density at radius 3 is 2.42 bits per heavy atom. The third-order valence-electron chi connectivity index (χ3n) is 3.66. The number of halogens is 2. The van der Waals surface area contributed by atoms with Crippen molar-refractivity contribution < 1.29 is 9.84 Å². The third-order valence-corrected chi connectivity index (χ3v) is 4.46. The molecule has 0 fully saturated rings. The summed E-state index contributed by atoms with van der Waals surface area (Å²) in [6, 6.07) is 3.54. The highest BCUT2D eigenvalue weighted by Crippen LogP contribution is 2.40. The van der Waals surface area contributed by atoms with Gasteiger partial charge in [0, 0.05) is 10.6 Å². The fourth-order valence-electron chi connectivity index (χ4n) is 1.86. The van der Waals surface area contributed by atoms with Crippen LogP contribution in [0.15, 0.2) is 16.6 Å². The summed E-state index contributed by atoms with van der Waals surface area (Å²) in [5.41, 5.74) is 0.891. The van der Waals surface area contributed by atoms with Gasteiger partial charge in [-0.25, -0.2) is 0 Å². The second kappa shape index (κ2) is 6.47. The zero-order valence-electron chi connectivity index (χ0n) is 12.1. The van der Waals surface area contributed by atoms with Crippen molar-refractivity contribution >= 4 is 27.5 Å². The molecular formula is C15H22BrClO2. The largest absolute Gasteiger partial charge is 0.495 e. The van der Waals surface area contributed by atoms with Gasteiger partial charge < -0.3 is 9.84 Å². The van der Waals surface area contributed by atoms with Crippen LogP contribution in [0.2, 0.25) is 5.02 Å². The maximum Gasteiger partial charge on any atom is 0.138 e. The average Bonchev–Trinajstić information content (AvgIpc) is 2.26. The van der Waals surface area contributed by atoms with E-state index >= 15 is 0 Å². The van der Waals surface area contributed by atoms with Gasteiger partial charge in [-0.15, -0.1) is 0 Å². The fourth-order valence-corrected chi connectivity index (χ4v) is 2.85. The second-order valence-corrected chi connectivity index (χ2v) is 7.32. The minimum Gasteiger partial charge on any atom is -0.495 e. The summed E-state index contributed by atoms with van der Waals surface area (Å²) in [6.45, 7) is 8.68. The van der Waals surface area contributed by atoms with Gasteiger partial charge in [-0.2, -0.15) is 0 Å². The van der Waals surface area contributed by atoms with E-state index in [-0.39, 0.29) is 5.41 Å². The number of hydrogen-bond donors (Lipinski definition) is 1. The monoisotopic (exact) mass is 348 g/mol. The maximum atomic E-state index is 10.5. The van der Waals surface area contributed by atoms with Crippen LogP contribution in [0.3, 0.4) is 0 Å². The number of methoxy groups -OCH3 is 1. The van der Waals surface area contributed by atoms with Gasteiger partial charge in [0.05, 0.1) is 17.7 Å². The summed E-state index contributed by atoms with van der Waals surface area (Å²) in [4.78, 5) is 0. The molecule has 0 aromatic heterocycles. The third kappa shape index (κ3) is 4.37. The van der Waals surface area contributed by atoms with Crippen LogP contribution in [0.1, 0.15) is 45.8 Å². The van der Waals surface area contributed by atoms with Crippen LogP contribution in [0.5, 0.6) is 5.75 Å². The first kappa shape index (κ1) is 16.8. The van der Waals surface area contributed by atoms with Crippen LogP contribution in [0.4, 0.5) is 0 Å². The molecule has 2 nitrogen and oxygen atoms in total. The Bertz CT molecular complexity index is 441. The highest BCUT2D eigenvalue weighted by Gasteiger charge is 2.25. The van der Waals surface area contributed by atoms with Gasteiger partial charge in [0.15, 0.2) is 0 Å². The Morgan fingerprint density at radius 2 is 1.95 bits per heavy atom. The van der Waals surface area contributed by atoms with Crippen LogP contribution in [-0.4, -0.2) is 12.2 Å². The van der Waals surface area contributed by atoms with E-state index in [1.54, 1.807) is 19.2 Å². The number of aliphatic hydroxyl groups is 1. The molecule has 1 rings (SSSR count). The second-order valence-electron chi connectivity index (χ2n) is 6.03. The van der Waals surface area contributed by atoms with Crippen LogP contribution in [0.25, 0.3) is 0 Å². The van der Waals surface area contributed by atoms with E-state index in [4.69, 9.17) is 16.3 Å². The molecule has 2 unspecified atom stereocenters. The summed E-state index contributed by atoms with van der Waals surface area (Å²) < 4.78 is 6.12. The molecule has 0 amide bonds. The predicted molar refractivity (Wildman–Crippen MR) is 83.9 cm³/mol. The van der Waals surface area contributed by atoms with Crippen molar-refractivity contribution in [1.82, 2.24) is 0 Å². The van der Waals surface area contributed by atoms with Gasteiger partial charge in [-0.3, -0.25) is 0 Å². The van der Waals surface area contributed by atoms with Crippen LogP contribution < -0.4 is 4.74 Å². The quantitative estimate of drug-likeness (QED) is 0.808. The molecule has 19 heavy (non-hydrogen) atoms. The number of aliphatic hydroxyl groups excluding tert-OH is 1. The molecular weight excluding hydrogens is 328 g/mol. The summed E-state index contributed by atoms with van der Waals surface area (Å²) in [7, 11) is 1.59. The molecule has 1 N–H and O–H groups in total. The molecule has 0 radical (unpaired) electrons. The van der Waals surface area contributed by atoms with Crippen LogP contribution in [0, 0.1) is 11.3 Å². The lowest BCUT2D eigenvalue weighted by Crippen LogP contribution is -2.20. The molecule has 0 aliphatic heterocycles. The first-order chi connectivity index (χ1) is 8.66. The zero-order chi connectivity index (χ0) is 14.8. The topological polar surface area (TPSA) is 29.5 Å². The summed E-state index contributed by atoms with van der Waals surface area (Å²) in [6.07, 6.45) is 0.0892. The van der Waals surface area contributed by atoms with Gasteiger partial charge >= 0.3 is 0 Å². The van der Waals surface area contributed by atoms with Crippen molar-refractivity contribution in [3.63, 3.8) is 0 Å². The molecule has 108 valence electrons. The SMILES string of the molecule is COc1c(Br)cc(Cl)cc1C(O)CC(C)C(C)(C)C. The van der Waals surface area contributed by atoms with E-state index in [2.05, 4.69) is 43.6 Å². The Kier molecular flexibility index (Phi) is 5.72. The highest BCUT2D eigenvalue weighted by atomic mass is 79.9. The van der Waals surface area contributed by atoms with Gasteiger partial charge in [0.25, 0.3) is 0 Å². The van der Waals surface area contributed by atoms with Gasteiger partial charge in [0.2, 0.25) is 0 Å². The molecule has 2 atom stereocenters. The summed E-state index contributed by atoms with van der Waals surface area (Å²) >= 11 is 9.46. The van der Waals surface area contributed by atoms with E-state index in [0.29, 0.717) is 23.1 Å².